The second-order valence-electron chi connectivity index (χ2n) is 10.9. The van der Waals surface area contributed by atoms with Crippen molar-refractivity contribution in [3.05, 3.63) is 158 Å². The zero-order chi connectivity index (χ0) is 34.0. The van der Waals surface area contributed by atoms with Gasteiger partial charge in [-0.15, -0.1) is 0 Å². The lowest BCUT2D eigenvalue weighted by atomic mass is 10.0. The molecule has 0 saturated carbocycles. The number of methoxy groups -OCH3 is 1. The summed E-state index contributed by atoms with van der Waals surface area (Å²) in [6.45, 7) is 0.704. The second-order valence-corrected chi connectivity index (χ2v) is 10.9. The molecular weight excluding hydrogens is 616 g/mol. The second kappa shape index (κ2) is 15.4. The van der Waals surface area contributed by atoms with Crippen molar-refractivity contribution >= 4 is 46.2 Å². The number of para-hydroxylation sites is 2. The van der Waals surface area contributed by atoms with E-state index >= 15 is 0 Å². The number of nitrogens with zero attached hydrogens (tertiary/aromatic N) is 2. The number of ether oxygens (including phenoxy) is 4. The van der Waals surface area contributed by atoms with Crippen LogP contribution in [0.4, 0.5) is 38.9 Å². The third kappa shape index (κ3) is 8.07. The van der Waals surface area contributed by atoms with E-state index < -0.39 is 18.9 Å². The van der Waals surface area contributed by atoms with Gasteiger partial charge in [0, 0.05) is 53.2 Å². The van der Waals surface area contributed by atoms with E-state index in [0.29, 0.717) is 0 Å². The van der Waals surface area contributed by atoms with Crippen LogP contribution < -0.4 is 19.3 Å². The van der Waals surface area contributed by atoms with Crippen LogP contribution in [0.5, 0.6) is 11.5 Å². The van der Waals surface area contributed by atoms with E-state index in [-0.39, 0.29) is 5.75 Å². The number of benzene rings is 6. The quantitative estimate of drug-likeness (QED) is 0.0779. The van der Waals surface area contributed by atoms with Crippen LogP contribution in [0.25, 0.3) is 11.1 Å². The summed E-state index contributed by atoms with van der Waals surface area (Å²) in [5.41, 5.74) is 7.80. The maximum atomic E-state index is 12.2. The predicted octanol–water partition coefficient (Wildman–Crippen LogP) is 10.3. The summed E-state index contributed by atoms with van der Waals surface area (Å²) < 4.78 is 20.3. The lowest BCUT2D eigenvalue weighted by Gasteiger charge is -2.26. The van der Waals surface area contributed by atoms with E-state index in [1.807, 2.05) is 72.8 Å². The van der Waals surface area contributed by atoms with Gasteiger partial charge in [-0.25, -0.2) is 4.79 Å². The molecule has 0 fully saturated rings. The predicted molar refractivity (Wildman–Crippen MR) is 192 cm³/mol. The lowest BCUT2D eigenvalue weighted by Crippen LogP contribution is -2.15. The third-order valence-corrected chi connectivity index (χ3v) is 7.64. The van der Waals surface area contributed by atoms with Gasteiger partial charge in [-0.2, -0.15) is 0 Å². The van der Waals surface area contributed by atoms with E-state index in [2.05, 4.69) is 81.3 Å². The number of rotatable bonds is 11. The highest BCUT2D eigenvalue weighted by molar-refractivity contribution is 5.81. The maximum Gasteiger partial charge on any atom is 0.516 e. The Bertz CT molecular complexity index is 2000. The van der Waals surface area contributed by atoms with Crippen LogP contribution >= 0.6 is 0 Å². The molecule has 0 aliphatic carbocycles. The van der Waals surface area contributed by atoms with E-state index in [9.17, 15) is 9.59 Å². The van der Waals surface area contributed by atoms with Crippen LogP contribution in [0.15, 0.2) is 158 Å². The number of esters is 1. The molecule has 0 radical (unpaired) electrons. The molecule has 6 rings (SSSR count). The lowest BCUT2D eigenvalue weighted by molar-refractivity contribution is -0.149. The fourth-order valence-corrected chi connectivity index (χ4v) is 5.38. The Morgan fingerprint density at radius 3 is 1.39 bits per heavy atom. The Morgan fingerprint density at radius 1 is 0.490 bits per heavy atom. The number of hydrogen-bond donors (Lipinski definition) is 0. The van der Waals surface area contributed by atoms with Gasteiger partial charge in [0.15, 0.2) is 0 Å². The molecule has 0 aliphatic heterocycles. The van der Waals surface area contributed by atoms with E-state index in [1.165, 1.54) is 6.92 Å². The van der Waals surface area contributed by atoms with Crippen LogP contribution in [-0.2, 0) is 14.3 Å². The van der Waals surface area contributed by atoms with Crippen LogP contribution in [0.3, 0.4) is 0 Å². The van der Waals surface area contributed by atoms with Crippen molar-refractivity contribution in [3.63, 3.8) is 0 Å². The minimum absolute atomic E-state index is 0.279. The highest BCUT2D eigenvalue weighted by Gasteiger charge is 2.16. The summed E-state index contributed by atoms with van der Waals surface area (Å²) >= 11 is 0. The number of hydrogen-bond acceptors (Lipinski definition) is 8. The molecule has 0 aromatic heterocycles. The minimum atomic E-state index is -0.976. The summed E-state index contributed by atoms with van der Waals surface area (Å²) in [6.07, 6.45) is -0.976. The fourth-order valence-electron chi connectivity index (χ4n) is 5.38. The molecule has 8 nitrogen and oxygen atoms in total. The van der Waals surface area contributed by atoms with Gasteiger partial charge in [0.25, 0.3) is 0 Å². The van der Waals surface area contributed by atoms with Gasteiger partial charge in [-0.1, -0.05) is 72.8 Å². The molecule has 49 heavy (non-hydrogen) atoms. The first kappa shape index (κ1) is 32.4. The zero-order valence-electron chi connectivity index (χ0n) is 27.1. The van der Waals surface area contributed by atoms with Crippen LogP contribution in [-0.4, -0.2) is 26.0 Å². The Hall–Kier alpha value is -6.54. The van der Waals surface area contributed by atoms with Crippen molar-refractivity contribution in [1.29, 1.82) is 0 Å². The summed E-state index contributed by atoms with van der Waals surface area (Å²) in [5, 5.41) is 0. The molecule has 0 N–H and O–H groups in total. The molecule has 244 valence electrons. The first-order valence-corrected chi connectivity index (χ1v) is 15.6. The van der Waals surface area contributed by atoms with Crippen LogP contribution in [0, 0.1) is 0 Å². The molecule has 0 saturated heterocycles. The van der Waals surface area contributed by atoms with Crippen LogP contribution in [0.1, 0.15) is 6.92 Å². The third-order valence-electron chi connectivity index (χ3n) is 7.64. The molecule has 8 heteroatoms. The summed E-state index contributed by atoms with van der Waals surface area (Å²) in [5.74, 6) is 0.509. The van der Waals surface area contributed by atoms with Crippen molar-refractivity contribution in [2.75, 3.05) is 23.7 Å². The van der Waals surface area contributed by atoms with E-state index in [4.69, 9.17) is 14.2 Å². The first-order chi connectivity index (χ1) is 24.0. The Labute approximate surface area is 285 Å². The molecule has 6 aromatic rings. The summed E-state index contributed by atoms with van der Waals surface area (Å²) in [6, 6.07) is 52.1. The van der Waals surface area contributed by atoms with E-state index in [0.717, 1.165) is 51.0 Å². The molecule has 0 spiro atoms. The standard InChI is InChI=1S/C41H34N2O6/c1-30(44)47-29-48-41(45)49-40-18-10-16-38(28-40)43(34-13-7-4-8-14-34)36-25-21-32(22-26-36)31-19-23-35(24-20-31)42(33-11-5-3-6-12-33)37-15-9-17-39(27-37)46-2/h3-28H,29H2,1-2H3. The Kier molecular flexibility index (Phi) is 10.2. The largest absolute Gasteiger partial charge is 0.516 e. The van der Waals surface area contributed by atoms with Gasteiger partial charge in [0.05, 0.1) is 7.11 Å². The number of carbonyl (C=O) groups is 2. The highest BCUT2D eigenvalue weighted by Crippen LogP contribution is 2.39. The van der Waals surface area contributed by atoms with Gasteiger partial charge < -0.3 is 28.7 Å². The number of carbonyl (C=O) groups excluding carboxylic acids is 2. The van der Waals surface area contributed by atoms with Gasteiger partial charge in [-0.3, -0.25) is 4.79 Å². The Morgan fingerprint density at radius 2 is 0.918 bits per heavy atom. The smallest absolute Gasteiger partial charge is 0.497 e. The average Bonchev–Trinajstić information content (AvgIpc) is 3.13. The van der Waals surface area contributed by atoms with Crippen molar-refractivity contribution in [2.24, 2.45) is 0 Å². The maximum absolute atomic E-state index is 12.2. The molecule has 0 amide bonds. The summed E-state index contributed by atoms with van der Waals surface area (Å²) in [7, 11) is 1.67. The molecule has 0 unspecified atom stereocenters. The first-order valence-electron chi connectivity index (χ1n) is 15.6. The van der Waals surface area contributed by atoms with Crippen molar-refractivity contribution in [3.8, 4) is 22.6 Å². The molecule has 0 aliphatic rings. The van der Waals surface area contributed by atoms with Crippen molar-refractivity contribution in [1.82, 2.24) is 0 Å². The SMILES string of the molecule is COc1cccc(N(c2ccccc2)c2ccc(-c3ccc(N(c4ccccc4)c4cccc(OC(=O)OCOC(C)=O)c4)cc3)cc2)c1. The highest BCUT2D eigenvalue weighted by atomic mass is 16.8. The number of anilines is 6. The molecule has 0 heterocycles. The van der Waals surface area contributed by atoms with Gasteiger partial charge in [0.2, 0.25) is 6.79 Å². The molecule has 6 aromatic carbocycles. The topological polar surface area (TPSA) is 77.5 Å². The van der Waals surface area contributed by atoms with Crippen LogP contribution in [0.2, 0.25) is 0 Å². The normalized spacial score (nSPS) is 10.5. The van der Waals surface area contributed by atoms with Gasteiger partial charge >= 0.3 is 12.1 Å². The zero-order valence-corrected chi connectivity index (χ0v) is 27.1. The van der Waals surface area contributed by atoms with Crippen molar-refractivity contribution in [2.45, 2.75) is 6.92 Å². The summed E-state index contributed by atoms with van der Waals surface area (Å²) in [4.78, 5) is 27.4. The molecule has 0 bridgehead atoms. The van der Waals surface area contributed by atoms with Gasteiger partial charge in [0.1, 0.15) is 11.5 Å². The minimum Gasteiger partial charge on any atom is -0.497 e. The van der Waals surface area contributed by atoms with Crippen molar-refractivity contribution < 1.29 is 28.5 Å². The Balaban J connectivity index is 1.26. The fraction of sp³-hybridized carbons (Fsp3) is 0.0732. The molecule has 0 atom stereocenters. The van der Waals surface area contributed by atoms with Gasteiger partial charge in [-0.05, 0) is 83.9 Å². The average molecular weight is 651 g/mol. The van der Waals surface area contributed by atoms with E-state index in [1.54, 1.807) is 25.3 Å². The molecular formula is C41H34N2O6. The monoisotopic (exact) mass is 650 g/mol.